The molecule has 0 atom stereocenters. The molecule has 0 saturated heterocycles. The van der Waals surface area contributed by atoms with E-state index in [-0.39, 0.29) is 0 Å². The molecule has 88 valence electrons. The van der Waals surface area contributed by atoms with E-state index in [9.17, 15) is 0 Å². The van der Waals surface area contributed by atoms with Gasteiger partial charge in [-0.15, -0.1) is 0 Å². The van der Waals surface area contributed by atoms with Crippen LogP contribution in [-0.2, 0) is 0 Å². The highest BCUT2D eigenvalue weighted by atomic mass is 79.9. The van der Waals surface area contributed by atoms with Crippen LogP contribution in [0.25, 0.3) is 0 Å². The number of rotatable bonds is 2. The van der Waals surface area contributed by atoms with E-state index in [0.717, 1.165) is 21.5 Å². The average molecular weight is 313 g/mol. The van der Waals surface area contributed by atoms with Gasteiger partial charge in [0.25, 0.3) is 0 Å². The molecular formula is C12H11BrClN3. The van der Waals surface area contributed by atoms with E-state index in [0.29, 0.717) is 10.8 Å². The molecule has 3 nitrogen and oxygen atoms in total. The number of hydrogen-bond donors (Lipinski definition) is 1. The first-order valence-electron chi connectivity index (χ1n) is 5.08. The summed E-state index contributed by atoms with van der Waals surface area (Å²) in [5, 5.41) is 3.74. The minimum Gasteiger partial charge on any atom is -0.338 e. The van der Waals surface area contributed by atoms with Crippen LogP contribution in [0.5, 0.6) is 0 Å². The van der Waals surface area contributed by atoms with Crippen LogP contribution in [0.2, 0.25) is 5.02 Å². The van der Waals surface area contributed by atoms with Gasteiger partial charge in [0.05, 0.1) is 16.4 Å². The highest BCUT2D eigenvalue weighted by Gasteiger charge is 2.05. The Balaban J connectivity index is 2.31. The Bertz CT molecular complexity index is 508. The second kappa shape index (κ2) is 5.02. The minimum absolute atomic E-state index is 0.569. The average Bonchev–Trinajstić information content (AvgIpc) is 2.25. The molecule has 17 heavy (non-hydrogen) atoms. The predicted molar refractivity (Wildman–Crippen MR) is 73.9 cm³/mol. The Morgan fingerprint density at radius 3 is 2.71 bits per heavy atom. The van der Waals surface area contributed by atoms with Gasteiger partial charge in [0.2, 0.25) is 0 Å². The van der Waals surface area contributed by atoms with Crippen molar-refractivity contribution in [2.24, 2.45) is 0 Å². The summed E-state index contributed by atoms with van der Waals surface area (Å²) in [6, 6.07) is 5.72. The van der Waals surface area contributed by atoms with Crippen molar-refractivity contribution in [3.8, 4) is 0 Å². The molecule has 0 aliphatic heterocycles. The third kappa shape index (κ3) is 2.96. The topological polar surface area (TPSA) is 37.8 Å². The van der Waals surface area contributed by atoms with Crippen molar-refractivity contribution in [2.45, 2.75) is 13.8 Å². The number of anilines is 2. The van der Waals surface area contributed by atoms with Crippen molar-refractivity contribution in [1.82, 2.24) is 9.97 Å². The maximum absolute atomic E-state index is 6.09. The second-order valence-electron chi connectivity index (χ2n) is 3.69. The normalized spacial score (nSPS) is 10.4. The van der Waals surface area contributed by atoms with Crippen LogP contribution in [0, 0.1) is 13.8 Å². The number of aryl methyl sites for hydroxylation is 2. The van der Waals surface area contributed by atoms with Crippen LogP contribution in [0.15, 0.2) is 28.9 Å². The fraction of sp³-hybridized carbons (Fsp3) is 0.167. The molecule has 2 aromatic rings. The van der Waals surface area contributed by atoms with Crippen LogP contribution >= 0.6 is 27.5 Å². The van der Waals surface area contributed by atoms with Crippen molar-refractivity contribution in [1.29, 1.82) is 0 Å². The quantitative estimate of drug-likeness (QED) is 0.900. The van der Waals surface area contributed by atoms with E-state index < -0.39 is 0 Å². The summed E-state index contributed by atoms with van der Waals surface area (Å²) < 4.78 is 0.854. The first-order valence-corrected chi connectivity index (χ1v) is 6.25. The van der Waals surface area contributed by atoms with Crippen molar-refractivity contribution >= 4 is 39.0 Å². The lowest BCUT2D eigenvalue weighted by Crippen LogP contribution is -1.98. The monoisotopic (exact) mass is 311 g/mol. The zero-order valence-electron chi connectivity index (χ0n) is 9.46. The van der Waals surface area contributed by atoms with Crippen molar-refractivity contribution in [3.05, 3.63) is 45.3 Å². The molecule has 0 spiro atoms. The minimum atomic E-state index is 0.569. The van der Waals surface area contributed by atoms with E-state index in [1.54, 1.807) is 12.3 Å². The first-order chi connectivity index (χ1) is 8.06. The van der Waals surface area contributed by atoms with Gasteiger partial charge in [0, 0.05) is 16.4 Å². The highest BCUT2D eigenvalue weighted by Crippen LogP contribution is 2.26. The Hall–Kier alpha value is -1.13. The summed E-state index contributed by atoms with van der Waals surface area (Å²) in [5.74, 6) is 0.628. The molecule has 2 aromatic heterocycles. The van der Waals surface area contributed by atoms with Crippen LogP contribution in [0.1, 0.15) is 11.4 Å². The predicted octanol–water partition coefficient (Wildman–Crippen LogP) is 4.25. The van der Waals surface area contributed by atoms with Gasteiger partial charge in [-0.1, -0.05) is 11.6 Å². The van der Waals surface area contributed by atoms with E-state index >= 15 is 0 Å². The Morgan fingerprint density at radius 1 is 1.29 bits per heavy atom. The second-order valence-corrected chi connectivity index (χ2v) is 5.02. The third-order valence-electron chi connectivity index (χ3n) is 2.29. The lowest BCUT2D eigenvalue weighted by atomic mass is 10.2. The lowest BCUT2D eigenvalue weighted by Gasteiger charge is -2.10. The van der Waals surface area contributed by atoms with E-state index in [1.807, 2.05) is 26.0 Å². The van der Waals surface area contributed by atoms with Gasteiger partial charge in [0.15, 0.2) is 0 Å². The smallest absolute Gasteiger partial charge is 0.149 e. The molecule has 5 heteroatoms. The number of aromatic nitrogens is 2. The van der Waals surface area contributed by atoms with Crippen LogP contribution in [0.3, 0.4) is 0 Å². The molecule has 0 aliphatic rings. The number of nitrogens with one attached hydrogen (secondary N) is 1. The van der Waals surface area contributed by atoms with Gasteiger partial charge >= 0.3 is 0 Å². The van der Waals surface area contributed by atoms with Crippen molar-refractivity contribution < 1.29 is 0 Å². The summed E-state index contributed by atoms with van der Waals surface area (Å²) >= 11 is 9.41. The zero-order valence-corrected chi connectivity index (χ0v) is 11.8. The SMILES string of the molecule is Cc1ccc(Nc2ncc(Br)cc2Cl)c(C)n1. The summed E-state index contributed by atoms with van der Waals surface area (Å²) in [6.07, 6.45) is 1.70. The molecule has 0 unspecified atom stereocenters. The Morgan fingerprint density at radius 2 is 2.06 bits per heavy atom. The molecule has 2 heterocycles. The molecule has 0 aliphatic carbocycles. The van der Waals surface area contributed by atoms with Gasteiger partial charge in [-0.2, -0.15) is 0 Å². The number of hydrogen-bond acceptors (Lipinski definition) is 3. The largest absolute Gasteiger partial charge is 0.338 e. The summed E-state index contributed by atoms with van der Waals surface area (Å²) in [7, 11) is 0. The van der Waals surface area contributed by atoms with Gasteiger partial charge in [0.1, 0.15) is 5.82 Å². The number of nitrogens with zero attached hydrogens (tertiary/aromatic N) is 2. The van der Waals surface area contributed by atoms with Crippen LogP contribution in [-0.4, -0.2) is 9.97 Å². The van der Waals surface area contributed by atoms with Crippen LogP contribution < -0.4 is 5.32 Å². The van der Waals surface area contributed by atoms with Crippen molar-refractivity contribution in [2.75, 3.05) is 5.32 Å². The maximum atomic E-state index is 6.09. The molecular weight excluding hydrogens is 302 g/mol. The van der Waals surface area contributed by atoms with E-state index in [4.69, 9.17) is 11.6 Å². The fourth-order valence-electron chi connectivity index (χ4n) is 1.45. The summed E-state index contributed by atoms with van der Waals surface area (Å²) in [6.45, 7) is 3.91. The Labute approximate surface area is 113 Å². The number of halogens is 2. The van der Waals surface area contributed by atoms with Crippen LogP contribution in [0.4, 0.5) is 11.5 Å². The molecule has 2 rings (SSSR count). The van der Waals surface area contributed by atoms with Gasteiger partial charge < -0.3 is 5.32 Å². The third-order valence-corrected chi connectivity index (χ3v) is 3.01. The Kier molecular flexibility index (Phi) is 3.64. The molecule has 0 bridgehead atoms. The molecule has 0 saturated carbocycles. The summed E-state index contributed by atoms with van der Waals surface area (Å²) in [4.78, 5) is 8.59. The van der Waals surface area contributed by atoms with Gasteiger partial charge in [-0.05, 0) is 48.0 Å². The molecule has 0 fully saturated rings. The standard InChI is InChI=1S/C12H11BrClN3/c1-7-3-4-11(8(2)16-7)17-12-10(14)5-9(13)6-15-12/h3-6H,1-2H3,(H,15,17). The molecule has 1 N–H and O–H groups in total. The first kappa shape index (κ1) is 12.3. The lowest BCUT2D eigenvalue weighted by molar-refractivity contribution is 1.12. The fourth-order valence-corrected chi connectivity index (χ4v) is 2.13. The summed E-state index contributed by atoms with van der Waals surface area (Å²) in [5.41, 5.74) is 2.82. The number of pyridine rings is 2. The maximum Gasteiger partial charge on any atom is 0.149 e. The van der Waals surface area contributed by atoms with Gasteiger partial charge in [-0.25, -0.2) is 4.98 Å². The molecule has 0 aromatic carbocycles. The van der Waals surface area contributed by atoms with Crippen molar-refractivity contribution in [3.63, 3.8) is 0 Å². The van der Waals surface area contributed by atoms with Gasteiger partial charge in [-0.3, -0.25) is 4.98 Å². The zero-order chi connectivity index (χ0) is 12.4. The van der Waals surface area contributed by atoms with E-state index in [1.165, 1.54) is 0 Å². The molecule has 0 amide bonds. The molecule has 0 radical (unpaired) electrons. The highest BCUT2D eigenvalue weighted by molar-refractivity contribution is 9.10. The van der Waals surface area contributed by atoms with E-state index in [2.05, 4.69) is 31.2 Å².